The zero-order valence-corrected chi connectivity index (χ0v) is 17.9. The number of fused-ring (bicyclic) bond motifs is 1. The summed E-state index contributed by atoms with van der Waals surface area (Å²) in [4.78, 5) is 29.5. The Bertz CT molecular complexity index is 956. The van der Waals surface area contributed by atoms with Crippen LogP contribution in [-0.2, 0) is 9.59 Å². The van der Waals surface area contributed by atoms with E-state index in [1.807, 2.05) is 43.3 Å². The van der Waals surface area contributed by atoms with E-state index >= 15 is 0 Å². The maximum atomic E-state index is 12.5. The Hall–Kier alpha value is -3.10. The molecule has 31 heavy (non-hydrogen) atoms. The molecule has 8 nitrogen and oxygen atoms in total. The lowest BCUT2D eigenvalue weighted by molar-refractivity contribution is -0.136. The molecule has 164 valence electrons. The molecule has 1 fully saturated rings. The Morgan fingerprint density at radius 1 is 1.00 bits per heavy atom. The molecule has 2 aromatic rings. The van der Waals surface area contributed by atoms with Crippen LogP contribution in [0.25, 0.3) is 0 Å². The number of hydrogen-bond donors (Lipinski definition) is 2. The van der Waals surface area contributed by atoms with E-state index < -0.39 is 11.8 Å². The molecule has 2 N–H and O–H groups in total. The van der Waals surface area contributed by atoms with Crippen LogP contribution >= 0.6 is 0 Å². The highest BCUT2D eigenvalue weighted by Gasteiger charge is 2.27. The molecule has 8 heteroatoms. The van der Waals surface area contributed by atoms with Gasteiger partial charge in [-0.05, 0) is 43.3 Å². The molecule has 1 atom stereocenters. The second-order valence-corrected chi connectivity index (χ2v) is 7.95. The Morgan fingerprint density at radius 3 is 2.52 bits per heavy atom. The number of carbonyl (C=O) groups is 2. The van der Waals surface area contributed by atoms with Crippen molar-refractivity contribution >= 4 is 17.5 Å². The van der Waals surface area contributed by atoms with Crippen LogP contribution in [-0.4, -0.2) is 68.2 Å². The standard InChI is InChI=1S/C23H28N4O4/c1-16-5-3-4-6-18(16)25-23(29)22(28)24-14-19(27-11-9-26(2)10-12-27)17-7-8-20-21(13-17)31-15-30-20/h3-8,13,19H,9-12,14-15H2,1-2H3,(H,24,28)(H,25,29)/t19-/m0/s1. The van der Waals surface area contributed by atoms with Gasteiger partial charge < -0.3 is 25.0 Å². The average Bonchev–Trinajstić information content (AvgIpc) is 3.24. The fourth-order valence-corrected chi connectivity index (χ4v) is 3.87. The summed E-state index contributed by atoms with van der Waals surface area (Å²) in [5, 5.41) is 5.50. The van der Waals surface area contributed by atoms with Crippen molar-refractivity contribution in [3.63, 3.8) is 0 Å². The highest BCUT2D eigenvalue weighted by molar-refractivity contribution is 6.39. The molecule has 2 aliphatic heterocycles. The highest BCUT2D eigenvalue weighted by Crippen LogP contribution is 2.35. The highest BCUT2D eigenvalue weighted by atomic mass is 16.7. The van der Waals surface area contributed by atoms with Gasteiger partial charge in [0.1, 0.15) is 0 Å². The average molecular weight is 425 g/mol. The Kier molecular flexibility index (Phi) is 6.39. The van der Waals surface area contributed by atoms with Crippen molar-refractivity contribution in [2.24, 2.45) is 0 Å². The van der Waals surface area contributed by atoms with Crippen LogP contribution < -0.4 is 20.1 Å². The third kappa shape index (κ3) is 4.98. The van der Waals surface area contributed by atoms with Gasteiger partial charge in [0.2, 0.25) is 6.79 Å². The number of aryl methyl sites for hydroxylation is 1. The summed E-state index contributed by atoms with van der Waals surface area (Å²) in [6.07, 6.45) is 0. The predicted octanol–water partition coefficient (Wildman–Crippen LogP) is 1.77. The minimum atomic E-state index is -0.669. The Balaban J connectivity index is 1.45. The lowest BCUT2D eigenvalue weighted by atomic mass is 10.0. The van der Waals surface area contributed by atoms with Gasteiger partial charge >= 0.3 is 11.8 Å². The van der Waals surface area contributed by atoms with Crippen molar-refractivity contribution in [2.45, 2.75) is 13.0 Å². The normalized spacial score (nSPS) is 17.2. The number of ether oxygens (including phenoxy) is 2. The van der Waals surface area contributed by atoms with Crippen LogP contribution in [0.4, 0.5) is 5.69 Å². The molecule has 1 saturated heterocycles. The fourth-order valence-electron chi connectivity index (χ4n) is 3.87. The SMILES string of the molecule is Cc1ccccc1NC(=O)C(=O)NC[C@@H](c1ccc2c(c1)OCO2)N1CCN(C)CC1. The number of para-hydroxylation sites is 1. The first-order chi connectivity index (χ1) is 15.0. The van der Waals surface area contributed by atoms with Gasteiger partial charge in [0, 0.05) is 38.4 Å². The summed E-state index contributed by atoms with van der Waals surface area (Å²) in [6.45, 7) is 6.07. The second-order valence-electron chi connectivity index (χ2n) is 7.95. The van der Waals surface area contributed by atoms with Crippen LogP contribution in [0, 0.1) is 6.92 Å². The number of benzene rings is 2. The van der Waals surface area contributed by atoms with Gasteiger partial charge in [-0.25, -0.2) is 0 Å². The molecule has 2 amide bonds. The number of hydrogen-bond acceptors (Lipinski definition) is 6. The van der Waals surface area contributed by atoms with E-state index in [4.69, 9.17) is 9.47 Å². The summed E-state index contributed by atoms with van der Waals surface area (Å²) < 4.78 is 11.0. The largest absolute Gasteiger partial charge is 0.454 e. The first kappa shape index (κ1) is 21.1. The van der Waals surface area contributed by atoms with E-state index in [9.17, 15) is 9.59 Å². The summed E-state index contributed by atoms with van der Waals surface area (Å²) >= 11 is 0. The van der Waals surface area contributed by atoms with E-state index in [1.54, 1.807) is 6.07 Å². The van der Waals surface area contributed by atoms with E-state index in [2.05, 4.69) is 27.5 Å². The maximum Gasteiger partial charge on any atom is 0.313 e. The zero-order valence-electron chi connectivity index (χ0n) is 17.9. The molecule has 2 heterocycles. The van der Waals surface area contributed by atoms with Crippen LogP contribution in [0.15, 0.2) is 42.5 Å². The topological polar surface area (TPSA) is 83.1 Å². The molecule has 4 rings (SSSR count). The predicted molar refractivity (Wildman–Crippen MR) is 117 cm³/mol. The fraction of sp³-hybridized carbons (Fsp3) is 0.391. The number of nitrogens with one attached hydrogen (secondary N) is 2. The third-order valence-corrected chi connectivity index (χ3v) is 5.82. The molecule has 0 aliphatic carbocycles. The molecule has 2 aromatic carbocycles. The van der Waals surface area contributed by atoms with Crippen LogP contribution in [0.2, 0.25) is 0 Å². The van der Waals surface area contributed by atoms with Crippen molar-refractivity contribution < 1.29 is 19.1 Å². The Morgan fingerprint density at radius 2 is 1.74 bits per heavy atom. The summed E-state index contributed by atoms with van der Waals surface area (Å²) in [7, 11) is 2.10. The van der Waals surface area contributed by atoms with Gasteiger partial charge in [0.05, 0.1) is 6.04 Å². The van der Waals surface area contributed by atoms with Gasteiger partial charge in [-0.15, -0.1) is 0 Å². The monoisotopic (exact) mass is 424 g/mol. The number of piperazine rings is 1. The molecular weight excluding hydrogens is 396 g/mol. The lowest BCUT2D eigenvalue weighted by Crippen LogP contribution is -2.49. The minimum absolute atomic E-state index is 0.0709. The lowest BCUT2D eigenvalue weighted by Gasteiger charge is -2.38. The van der Waals surface area contributed by atoms with E-state index in [0.717, 1.165) is 43.1 Å². The molecule has 2 aliphatic rings. The number of rotatable bonds is 5. The second kappa shape index (κ2) is 9.36. The van der Waals surface area contributed by atoms with Crippen molar-refractivity contribution in [1.29, 1.82) is 0 Å². The van der Waals surface area contributed by atoms with Gasteiger partial charge in [-0.2, -0.15) is 0 Å². The molecule has 0 radical (unpaired) electrons. The molecular formula is C23H28N4O4. The van der Waals surface area contributed by atoms with Crippen molar-refractivity contribution in [1.82, 2.24) is 15.1 Å². The molecule has 0 spiro atoms. The summed E-state index contributed by atoms with van der Waals surface area (Å²) in [5.74, 6) is 0.114. The van der Waals surface area contributed by atoms with Gasteiger partial charge in [-0.1, -0.05) is 24.3 Å². The van der Waals surface area contributed by atoms with Crippen LogP contribution in [0.1, 0.15) is 17.2 Å². The van der Waals surface area contributed by atoms with Crippen molar-refractivity contribution in [2.75, 3.05) is 51.9 Å². The zero-order chi connectivity index (χ0) is 21.8. The van der Waals surface area contributed by atoms with Gasteiger partial charge in [-0.3, -0.25) is 14.5 Å². The first-order valence-corrected chi connectivity index (χ1v) is 10.5. The van der Waals surface area contributed by atoms with Crippen LogP contribution in [0.3, 0.4) is 0 Å². The molecule has 0 aromatic heterocycles. The van der Waals surface area contributed by atoms with E-state index in [-0.39, 0.29) is 12.8 Å². The van der Waals surface area contributed by atoms with Crippen molar-refractivity contribution in [3.05, 3.63) is 53.6 Å². The number of likely N-dealkylation sites (N-methyl/N-ethyl adjacent to an activating group) is 1. The molecule has 0 unspecified atom stereocenters. The molecule has 0 bridgehead atoms. The number of amides is 2. The van der Waals surface area contributed by atoms with E-state index in [1.165, 1.54) is 0 Å². The minimum Gasteiger partial charge on any atom is -0.454 e. The van der Waals surface area contributed by atoms with Crippen LogP contribution in [0.5, 0.6) is 11.5 Å². The van der Waals surface area contributed by atoms with E-state index in [0.29, 0.717) is 18.0 Å². The quantitative estimate of drug-likeness (QED) is 0.712. The molecule has 0 saturated carbocycles. The van der Waals surface area contributed by atoms with Crippen molar-refractivity contribution in [3.8, 4) is 11.5 Å². The summed E-state index contributed by atoms with van der Waals surface area (Å²) in [5.41, 5.74) is 2.56. The smallest absolute Gasteiger partial charge is 0.313 e. The third-order valence-electron chi connectivity index (χ3n) is 5.82. The number of carbonyl (C=O) groups excluding carboxylic acids is 2. The number of nitrogens with zero attached hydrogens (tertiary/aromatic N) is 2. The first-order valence-electron chi connectivity index (χ1n) is 10.5. The number of anilines is 1. The Labute approximate surface area is 182 Å². The van der Waals surface area contributed by atoms with Gasteiger partial charge in [0.25, 0.3) is 0 Å². The van der Waals surface area contributed by atoms with Gasteiger partial charge in [0.15, 0.2) is 11.5 Å². The maximum absolute atomic E-state index is 12.5. The summed E-state index contributed by atoms with van der Waals surface area (Å²) in [6, 6.07) is 13.2.